The van der Waals surface area contributed by atoms with Crippen LogP contribution in [0.3, 0.4) is 0 Å². The van der Waals surface area contributed by atoms with Gasteiger partial charge in [0.2, 0.25) is 51.4 Å². The molecule has 5 aromatic heterocycles. The lowest BCUT2D eigenvalue weighted by Gasteiger charge is -2.47. The first-order valence-electron chi connectivity index (χ1n) is 24.8. The summed E-state index contributed by atoms with van der Waals surface area (Å²) >= 11 is 0. The molecule has 0 amide bonds. The van der Waals surface area contributed by atoms with E-state index in [1.165, 1.54) is 95.1 Å². The molecule has 0 saturated carbocycles. The summed E-state index contributed by atoms with van der Waals surface area (Å²) in [5.41, 5.74) is -2.43. The van der Waals surface area contributed by atoms with Crippen molar-refractivity contribution in [2.24, 2.45) is 0 Å². The standard InChI is InChI=1S/C54H50F3N9O14S/c1-52(21-76-22-52)64-33-15-25(81(71,72)63(4)5)9-10-29(33)60-47(64)27-17-36(74-7)42(68)45(39(27)56)79-50-53(2,23-77-50)65-32-12-14-58-19-31(32)62-49(65)28-18-37(75-8)43(69)46(40(28)57)80-51-54(3,24-78-51)66-34-20-59-13-11-30(34)61-48(66)26-16-35(73-6)41(67)44(70)38(26)55/h9-20,50-51,67-70H,21-24H2,1-8H3. The molecular formula is C54H50F3N9O14S. The van der Waals surface area contributed by atoms with E-state index < -0.39 is 91.2 Å². The molecule has 4 atom stereocenters. The average Bonchev–Trinajstić information content (AvgIpc) is 4.38. The molecule has 4 unspecified atom stereocenters. The molecule has 23 nitrogen and oxygen atoms in total. The highest BCUT2D eigenvalue weighted by Crippen LogP contribution is 2.53. The fraction of sp³-hybridized carbons (Fsp3) is 0.315. The van der Waals surface area contributed by atoms with Gasteiger partial charge in [0.1, 0.15) is 34.1 Å². The van der Waals surface area contributed by atoms with E-state index in [-0.39, 0.29) is 88.3 Å². The minimum absolute atomic E-state index is 0.0276. The Hall–Kier alpha value is -8.63. The quantitative estimate of drug-likeness (QED) is 0.0746. The van der Waals surface area contributed by atoms with E-state index in [2.05, 4.69) is 15.0 Å². The zero-order chi connectivity index (χ0) is 57.4. The normalized spacial score (nSPS) is 20.5. The maximum absolute atomic E-state index is 17.8. The molecule has 0 spiro atoms. The first-order valence-corrected chi connectivity index (χ1v) is 26.3. The molecule has 3 fully saturated rings. The Morgan fingerprint density at radius 1 is 0.580 bits per heavy atom. The van der Waals surface area contributed by atoms with Crippen molar-refractivity contribution in [2.45, 2.75) is 54.9 Å². The predicted octanol–water partition coefficient (Wildman–Crippen LogP) is 7.09. The van der Waals surface area contributed by atoms with Crippen LogP contribution in [0.5, 0.6) is 51.7 Å². The second-order valence-corrected chi connectivity index (χ2v) is 22.7. The molecule has 3 saturated heterocycles. The number of pyridine rings is 2. The number of aromatic hydroxyl groups is 4. The summed E-state index contributed by atoms with van der Waals surface area (Å²) < 4.78 is 131. The zero-order valence-corrected chi connectivity index (χ0v) is 45.2. The molecule has 0 aliphatic carbocycles. The molecule has 4 N–H and O–H groups in total. The maximum atomic E-state index is 17.8. The van der Waals surface area contributed by atoms with Crippen LogP contribution in [0.2, 0.25) is 0 Å². The second-order valence-electron chi connectivity index (χ2n) is 20.6. The number of methoxy groups -OCH3 is 3. The van der Waals surface area contributed by atoms with Gasteiger partial charge in [-0.25, -0.2) is 40.8 Å². The number of imidazole rings is 3. The minimum atomic E-state index is -3.91. The van der Waals surface area contributed by atoms with Gasteiger partial charge in [0, 0.05) is 26.5 Å². The molecule has 3 aliphatic heterocycles. The van der Waals surface area contributed by atoms with Gasteiger partial charge in [0.15, 0.2) is 40.4 Å². The van der Waals surface area contributed by atoms with Crippen LogP contribution in [0.4, 0.5) is 13.2 Å². The topological polar surface area (TPSA) is 271 Å². The van der Waals surface area contributed by atoms with Crippen molar-refractivity contribution < 1.29 is 79.9 Å². The summed E-state index contributed by atoms with van der Waals surface area (Å²) in [7, 11) is 2.61. The molecule has 81 heavy (non-hydrogen) atoms. The van der Waals surface area contributed by atoms with Gasteiger partial charge >= 0.3 is 0 Å². The van der Waals surface area contributed by atoms with Gasteiger partial charge in [-0.15, -0.1) is 0 Å². The number of hydrogen-bond donors (Lipinski definition) is 4. The summed E-state index contributed by atoms with van der Waals surface area (Å²) in [6.07, 6.45) is 2.90. The number of ether oxygens (including phenoxy) is 8. The van der Waals surface area contributed by atoms with E-state index in [0.717, 1.165) is 10.4 Å². The first-order chi connectivity index (χ1) is 38.6. The van der Waals surface area contributed by atoms with Crippen LogP contribution in [0.15, 0.2) is 78.2 Å². The van der Waals surface area contributed by atoms with Gasteiger partial charge in [-0.3, -0.25) is 9.97 Å². The summed E-state index contributed by atoms with van der Waals surface area (Å²) in [6, 6.07) is 11.1. The van der Waals surface area contributed by atoms with Crippen LogP contribution in [0.25, 0.3) is 67.3 Å². The Morgan fingerprint density at radius 3 is 1.57 bits per heavy atom. The molecule has 3 aliphatic rings. The van der Waals surface area contributed by atoms with Gasteiger partial charge in [0.05, 0.1) is 115 Å². The van der Waals surface area contributed by atoms with Crippen molar-refractivity contribution in [1.82, 2.24) is 42.9 Å². The van der Waals surface area contributed by atoms with E-state index in [1.807, 2.05) is 6.92 Å². The van der Waals surface area contributed by atoms with Crippen LogP contribution >= 0.6 is 0 Å². The van der Waals surface area contributed by atoms with Crippen molar-refractivity contribution >= 4 is 43.1 Å². The number of phenolic OH excluding ortho intramolecular Hbond substituents is 4. The van der Waals surface area contributed by atoms with Crippen LogP contribution in [-0.4, -0.2) is 146 Å². The summed E-state index contributed by atoms with van der Waals surface area (Å²) in [6.45, 7) is 5.22. The summed E-state index contributed by atoms with van der Waals surface area (Å²) in [4.78, 5) is 22.7. The number of fused-ring (bicyclic) bond motifs is 3. The number of rotatable bonds is 15. The Labute approximate surface area is 457 Å². The molecule has 8 heterocycles. The first kappa shape index (κ1) is 53.0. The van der Waals surface area contributed by atoms with Gasteiger partial charge in [-0.2, -0.15) is 0 Å². The monoisotopic (exact) mass is 1140 g/mol. The highest BCUT2D eigenvalue weighted by Gasteiger charge is 2.54. The molecule has 0 bridgehead atoms. The SMILES string of the molecule is COc1cc(-c2nc3ccncc3n2C2(C)COC2Oc2c(O)c(OC)cc(-c3nc4cnccc4n3C3(C)COC3Oc3c(O)c(OC)cc(-c4nc5ccc(S(=O)(=O)N(C)C)cc5n4C4(C)COC4)c3F)c2F)c(F)c(O)c1O. The van der Waals surface area contributed by atoms with E-state index in [1.54, 1.807) is 35.1 Å². The van der Waals surface area contributed by atoms with Crippen LogP contribution in [0.1, 0.15) is 20.8 Å². The molecule has 12 rings (SSSR count). The second kappa shape index (κ2) is 18.7. The molecule has 422 valence electrons. The zero-order valence-electron chi connectivity index (χ0n) is 44.3. The van der Waals surface area contributed by atoms with Gasteiger partial charge in [-0.05, 0) is 69.3 Å². The number of benzene rings is 4. The molecule has 27 heteroatoms. The van der Waals surface area contributed by atoms with Gasteiger partial charge in [-0.1, -0.05) is 0 Å². The molecular weight excluding hydrogens is 1090 g/mol. The maximum Gasteiger partial charge on any atom is 0.242 e. The fourth-order valence-electron chi connectivity index (χ4n) is 10.6. The lowest BCUT2D eigenvalue weighted by atomic mass is 9.95. The Morgan fingerprint density at radius 2 is 1.06 bits per heavy atom. The average molecular weight is 1140 g/mol. The smallest absolute Gasteiger partial charge is 0.242 e. The lowest BCUT2D eigenvalue weighted by molar-refractivity contribution is -0.255. The van der Waals surface area contributed by atoms with Crippen LogP contribution < -0.4 is 23.7 Å². The van der Waals surface area contributed by atoms with Crippen molar-refractivity contribution in [3.63, 3.8) is 0 Å². The Kier molecular flexibility index (Phi) is 12.3. The summed E-state index contributed by atoms with van der Waals surface area (Å²) in [5, 5.41) is 44.4. The highest BCUT2D eigenvalue weighted by atomic mass is 32.2. The number of halogens is 3. The number of sulfonamides is 1. The number of hydrogen-bond acceptors (Lipinski definition) is 19. The van der Waals surface area contributed by atoms with Crippen molar-refractivity contribution in [2.75, 3.05) is 61.9 Å². The van der Waals surface area contributed by atoms with E-state index in [4.69, 9.17) is 47.9 Å². The van der Waals surface area contributed by atoms with E-state index in [0.29, 0.717) is 27.6 Å². The molecule has 4 aromatic carbocycles. The number of nitrogens with zero attached hydrogens (tertiary/aromatic N) is 9. The van der Waals surface area contributed by atoms with Gasteiger partial charge < -0.3 is 72.0 Å². The summed E-state index contributed by atoms with van der Waals surface area (Å²) in [5.74, 6) is -9.28. The molecule has 0 radical (unpaired) electrons. The third kappa shape index (κ3) is 7.76. The fourth-order valence-corrected chi connectivity index (χ4v) is 11.5. The van der Waals surface area contributed by atoms with E-state index in [9.17, 15) is 28.8 Å². The number of phenols is 4. The number of aromatic nitrogens is 8. The van der Waals surface area contributed by atoms with Crippen molar-refractivity contribution in [1.29, 1.82) is 0 Å². The van der Waals surface area contributed by atoms with Crippen molar-refractivity contribution in [3.05, 3.63) is 90.8 Å². The van der Waals surface area contributed by atoms with Crippen LogP contribution in [-0.2, 0) is 40.9 Å². The van der Waals surface area contributed by atoms with E-state index >= 15 is 13.2 Å². The Bertz CT molecular complexity index is 4210. The largest absolute Gasteiger partial charge is 0.502 e. The van der Waals surface area contributed by atoms with Gasteiger partial charge in [0.25, 0.3) is 0 Å². The lowest BCUT2D eigenvalue weighted by Crippen LogP contribution is -2.60. The third-order valence-corrected chi connectivity index (χ3v) is 16.9. The van der Waals surface area contributed by atoms with Crippen molar-refractivity contribution in [3.8, 4) is 85.9 Å². The highest BCUT2D eigenvalue weighted by molar-refractivity contribution is 7.89. The Balaban J connectivity index is 0.944. The third-order valence-electron chi connectivity index (χ3n) is 15.1. The van der Waals surface area contributed by atoms with Crippen LogP contribution in [0, 0.1) is 17.5 Å². The molecule has 9 aromatic rings. The minimum Gasteiger partial charge on any atom is -0.502 e. The predicted molar refractivity (Wildman–Crippen MR) is 281 cm³/mol.